The second-order valence-corrected chi connectivity index (χ2v) is 6.10. The molecule has 6 heteroatoms. The van der Waals surface area contributed by atoms with Gasteiger partial charge in [-0.2, -0.15) is 0 Å². The second kappa shape index (κ2) is 6.24. The quantitative estimate of drug-likeness (QED) is 0.851. The van der Waals surface area contributed by atoms with Crippen LogP contribution in [0.1, 0.15) is 26.7 Å². The maximum Gasteiger partial charge on any atom is 0.244 e. The third kappa shape index (κ3) is 3.85. The summed E-state index contributed by atoms with van der Waals surface area (Å²) in [6.45, 7) is 3.66. The van der Waals surface area contributed by atoms with E-state index in [1.807, 2.05) is 6.92 Å². The van der Waals surface area contributed by atoms with Gasteiger partial charge in [0.2, 0.25) is 5.91 Å². The van der Waals surface area contributed by atoms with E-state index in [4.69, 9.17) is 28.9 Å². The number of benzene rings is 1. The first kappa shape index (κ1) is 15.8. The van der Waals surface area contributed by atoms with E-state index in [-0.39, 0.29) is 5.91 Å². The van der Waals surface area contributed by atoms with Gasteiger partial charge in [-0.3, -0.25) is 4.79 Å². The summed E-state index contributed by atoms with van der Waals surface area (Å²) < 4.78 is 0.750. The molecule has 1 rings (SSSR count). The van der Waals surface area contributed by atoms with Crippen LogP contribution >= 0.6 is 39.1 Å². The Labute approximate surface area is 125 Å². The van der Waals surface area contributed by atoms with E-state index in [1.54, 1.807) is 19.1 Å². The summed E-state index contributed by atoms with van der Waals surface area (Å²) in [6, 6.07) is 3.33. The lowest BCUT2D eigenvalue weighted by Gasteiger charge is -2.23. The van der Waals surface area contributed by atoms with Gasteiger partial charge in [-0.05, 0) is 25.5 Å². The van der Waals surface area contributed by atoms with Crippen LogP contribution in [0.3, 0.4) is 0 Å². The van der Waals surface area contributed by atoms with Crippen LogP contribution in [0, 0.1) is 0 Å². The van der Waals surface area contributed by atoms with Crippen molar-refractivity contribution in [3.63, 3.8) is 0 Å². The predicted molar refractivity (Wildman–Crippen MR) is 80.3 cm³/mol. The standard InChI is InChI=1S/C12H15BrCl2N2O/c1-3-4-12(2,16)11(18)17-10-8(14)5-7(13)6-9(10)15/h5-6H,3-4,16H2,1-2H3,(H,17,18). The van der Waals surface area contributed by atoms with Gasteiger partial charge in [0.1, 0.15) is 0 Å². The van der Waals surface area contributed by atoms with Crippen LogP contribution in [0.25, 0.3) is 0 Å². The number of anilines is 1. The number of nitrogens with one attached hydrogen (secondary N) is 1. The van der Waals surface area contributed by atoms with Crippen molar-refractivity contribution >= 4 is 50.7 Å². The van der Waals surface area contributed by atoms with Crippen molar-refractivity contribution < 1.29 is 4.79 Å². The molecule has 1 amide bonds. The van der Waals surface area contributed by atoms with E-state index < -0.39 is 5.54 Å². The Morgan fingerprint density at radius 2 is 1.94 bits per heavy atom. The van der Waals surface area contributed by atoms with E-state index in [9.17, 15) is 4.79 Å². The molecule has 100 valence electrons. The maximum atomic E-state index is 12.0. The molecule has 1 unspecified atom stereocenters. The molecule has 0 heterocycles. The zero-order chi connectivity index (χ0) is 13.9. The number of hydrogen-bond acceptors (Lipinski definition) is 2. The Hall–Kier alpha value is -0.290. The molecule has 0 aliphatic carbocycles. The third-order valence-corrected chi connectivity index (χ3v) is 3.59. The lowest BCUT2D eigenvalue weighted by atomic mass is 9.96. The van der Waals surface area contributed by atoms with Gasteiger partial charge in [-0.25, -0.2) is 0 Å². The molecule has 1 aromatic carbocycles. The summed E-state index contributed by atoms with van der Waals surface area (Å²) in [5, 5.41) is 3.42. The van der Waals surface area contributed by atoms with Gasteiger partial charge < -0.3 is 11.1 Å². The molecule has 3 nitrogen and oxygen atoms in total. The molecular formula is C12H15BrCl2N2O. The molecule has 0 bridgehead atoms. The van der Waals surface area contributed by atoms with Crippen LogP contribution in [-0.4, -0.2) is 11.4 Å². The maximum absolute atomic E-state index is 12.0. The molecule has 3 N–H and O–H groups in total. The van der Waals surface area contributed by atoms with Gasteiger partial charge in [0, 0.05) is 4.47 Å². The van der Waals surface area contributed by atoms with E-state index in [0.29, 0.717) is 22.2 Å². The first-order valence-corrected chi connectivity index (χ1v) is 7.07. The fraction of sp³-hybridized carbons (Fsp3) is 0.417. The summed E-state index contributed by atoms with van der Waals surface area (Å²) in [5.74, 6) is -0.296. The van der Waals surface area contributed by atoms with E-state index in [0.717, 1.165) is 10.9 Å². The van der Waals surface area contributed by atoms with E-state index in [2.05, 4.69) is 21.2 Å². The molecular weight excluding hydrogens is 339 g/mol. The van der Waals surface area contributed by atoms with Crippen LogP contribution in [0.2, 0.25) is 10.0 Å². The number of halogens is 3. The highest BCUT2D eigenvalue weighted by molar-refractivity contribution is 9.10. The molecule has 1 atom stereocenters. The summed E-state index contributed by atoms with van der Waals surface area (Å²) in [5.41, 5.74) is 5.39. The number of amides is 1. The zero-order valence-electron chi connectivity index (χ0n) is 10.2. The molecule has 0 aliphatic rings. The van der Waals surface area contributed by atoms with Crippen LogP contribution in [0.15, 0.2) is 16.6 Å². The topological polar surface area (TPSA) is 55.1 Å². The van der Waals surface area contributed by atoms with Gasteiger partial charge in [0.15, 0.2) is 0 Å². The molecule has 0 saturated heterocycles. The van der Waals surface area contributed by atoms with Gasteiger partial charge >= 0.3 is 0 Å². The highest BCUT2D eigenvalue weighted by Gasteiger charge is 2.28. The number of hydrogen-bond donors (Lipinski definition) is 2. The SMILES string of the molecule is CCCC(C)(N)C(=O)Nc1c(Cl)cc(Br)cc1Cl. The van der Waals surface area contributed by atoms with Crippen molar-refractivity contribution in [2.75, 3.05) is 5.32 Å². The van der Waals surface area contributed by atoms with Crippen molar-refractivity contribution in [1.82, 2.24) is 0 Å². The number of rotatable bonds is 4. The van der Waals surface area contributed by atoms with E-state index >= 15 is 0 Å². The van der Waals surface area contributed by atoms with Gasteiger partial charge in [0.25, 0.3) is 0 Å². The first-order chi connectivity index (χ1) is 8.27. The van der Waals surface area contributed by atoms with Crippen molar-refractivity contribution in [3.05, 3.63) is 26.7 Å². The molecule has 0 fully saturated rings. The molecule has 0 saturated carbocycles. The van der Waals surface area contributed by atoms with Gasteiger partial charge in [-0.15, -0.1) is 0 Å². The molecule has 0 spiro atoms. The second-order valence-electron chi connectivity index (χ2n) is 4.37. The minimum absolute atomic E-state index is 0.296. The molecule has 0 aromatic heterocycles. The normalized spacial score (nSPS) is 14.1. The smallest absolute Gasteiger partial charge is 0.244 e. The lowest BCUT2D eigenvalue weighted by Crippen LogP contribution is -2.48. The molecule has 0 radical (unpaired) electrons. The monoisotopic (exact) mass is 352 g/mol. The Bertz CT molecular complexity index is 440. The fourth-order valence-corrected chi connectivity index (χ4v) is 2.85. The predicted octanol–water partition coefficient (Wildman–Crippen LogP) is 4.21. The summed E-state index contributed by atoms with van der Waals surface area (Å²) in [4.78, 5) is 12.0. The van der Waals surface area contributed by atoms with Crippen LogP contribution < -0.4 is 11.1 Å². The highest BCUT2D eigenvalue weighted by Crippen LogP contribution is 2.34. The first-order valence-electron chi connectivity index (χ1n) is 5.53. The molecule has 18 heavy (non-hydrogen) atoms. The van der Waals surface area contributed by atoms with Gasteiger partial charge in [0.05, 0.1) is 21.3 Å². The fourth-order valence-electron chi connectivity index (χ4n) is 1.55. The van der Waals surface area contributed by atoms with E-state index in [1.165, 1.54) is 0 Å². The van der Waals surface area contributed by atoms with Crippen molar-refractivity contribution in [2.24, 2.45) is 5.73 Å². The minimum atomic E-state index is -0.936. The lowest BCUT2D eigenvalue weighted by molar-refractivity contribution is -0.120. The number of carbonyl (C=O) groups excluding carboxylic acids is 1. The number of nitrogens with two attached hydrogens (primary N) is 1. The number of carbonyl (C=O) groups is 1. The average molecular weight is 354 g/mol. The largest absolute Gasteiger partial charge is 0.322 e. The zero-order valence-corrected chi connectivity index (χ0v) is 13.3. The summed E-state index contributed by atoms with van der Waals surface area (Å²) in [7, 11) is 0. The van der Waals surface area contributed by atoms with Gasteiger partial charge in [-0.1, -0.05) is 52.5 Å². The highest BCUT2D eigenvalue weighted by atomic mass is 79.9. The Morgan fingerprint density at radius 1 is 1.44 bits per heavy atom. The van der Waals surface area contributed by atoms with Crippen molar-refractivity contribution in [2.45, 2.75) is 32.2 Å². The average Bonchev–Trinajstić information content (AvgIpc) is 2.22. The summed E-state index contributed by atoms with van der Waals surface area (Å²) >= 11 is 15.3. The van der Waals surface area contributed by atoms with Crippen LogP contribution in [0.5, 0.6) is 0 Å². The Morgan fingerprint density at radius 3 is 2.39 bits per heavy atom. The Balaban J connectivity index is 2.95. The van der Waals surface area contributed by atoms with Crippen LogP contribution in [0.4, 0.5) is 5.69 Å². The van der Waals surface area contributed by atoms with Crippen LogP contribution in [-0.2, 0) is 4.79 Å². The molecule has 0 aliphatic heterocycles. The van der Waals surface area contributed by atoms with Crippen molar-refractivity contribution in [3.8, 4) is 0 Å². The molecule has 1 aromatic rings. The van der Waals surface area contributed by atoms with Crippen molar-refractivity contribution in [1.29, 1.82) is 0 Å². The summed E-state index contributed by atoms with van der Waals surface area (Å²) in [6.07, 6.45) is 1.41. The third-order valence-electron chi connectivity index (χ3n) is 2.53. The Kier molecular flexibility index (Phi) is 5.46. The minimum Gasteiger partial charge on any atom is -0.322 e.